The van der Waals surface area contributed by atoms with Gasteiger partial charge in [-0.2, -0.15) is 0 Å². The summed E-state index contributed by atoms with van der Waals surface area (Å²) in [5.74, 6) is -0.274. The second-order valence-corrected chi connectivity index (χ2v) is 5.38. The van der Waals surface area contributed by atoms with Crippen LogP contribution < -0.4 is 5.32 Å². The van der Waals surface area contributed by atoms with Gasteiger partial charge in [0.25, 0.3) is 5.91 Å². The van der Waals surface area contributed by atoms with Gasteiger partial charge in [-0.05, 0) is 39.9 Å². The second-order valence-electron chi connectivity index (χ2n) is 3.35. The number of halogens is 2. The van der Waals surface area contributed by atoms with Crippen LogP contribution in [0.4, 0.5) is 5.69 Å². The topological polar surface area (TPSA) is 67.8 Å². The fourth-order valence-corrected chi connectivity index (χ4v) is 2.43. The highest BCUT2D eigenvalue weighted by molar-refractivity contribution is 9.10. The van der Waals surface area contributed by atoms with Crippen molar-refractivity contribution < 1.29 is 4.79 Å². The van der Waals surface area contributed by atoms with Crippen LogP contribution in [-0.2, 0) is 6.42 Å². The van der Waals surface area contributed by atoms with Crippen molar-refractivity contribution in [2.75, 3.05) is 5.32 Å². The fraction of sp³-hybridized carbons (Fsp3) is 0.200. The quantitative estimate of drug-likeness (QED) is 0.866. The molecule has 0 saturated heterocycles. The number of rotatable bonds is 3. The summed E-state index contributed by atoms with van der Waals surface area (Å²) in [6.45, 7) is 1.92. The Hall–Kier alpha value is -1.05. The van der Waals surface area contributed by atoms with Gasteiger partial charge in [0.15, 0.2) is 5.15 Å². The number of aryl methyl sites for hydroxylation is 1. The van der Waals surface area contributed by atoms with Crippen LogP contribution in [0.5, 0.6) is 0 Å². The summed E-state index contributed by atoms with van der Waals surface area (Å²) in [4.78, 5) is 16.5. The van der Waals surface area contributed by atoms with Gasteiger partial charge in [-0.3, -0.25) is 4.79 Å². The zero-order valence-corrected chi connectivity index (χ0v) is 12.4. The Morgan fingerprint density at radius 3 is 3.11 bits per heavy atom. The molecular formula is C10H8BrClN4OS. The molecule has 18 heavy (non-hydrogen) atoms. The molecule has 8 heteroatoms. The highest BCUT2D eigenvalue weighted by atomic mass is 79.9. The molecule has 0 aliphatic heterocycles. The number of carbonyl (C=O) groups is 1. The SMILES string of the molecule is CCc1nnsc1C(=O)Nc1cc(Br)cnc1Cl. The molecule has 0 unspecified atom stereocenters. The molecule has 2 heterocycles. The molecular weight excluding hydrogens is 340 g/mol. The van der Waals surface area contributed by atoms with Gasteiger partial charge in [0.05, 0.1) is 11.4 Å². The van der Waals surface area contributed by atoms with E-state index in [2.05, 4.69) is 35.8 Å². The van der Waals surface area contributed by atoms with Crippen molar-refractivity contribution in [1.82, 2.24) is 14.6 Å². The van der Waals surface area contributed by atoms with Gasteiger partial charge in [0, 0.05) is 10.7 Å². The normalized spacial score (nSPS) is 10.4. The number of aromatic nitrogens is 3. The largest absolute Gasteiger partial charge is 0.318 e. The lowest BCUT2D eigenvalue weighted by atomic mass is 10.3. The van der Waals surface area contributed by atoms with Crippen LogP contribution in [0.25, 0.3) is 0 Å². The van der Waals surface area contributed by atoms with Gasteiger partial charge in [0.1, 0.15) is 4.88 Å². The maximum atomic E-state index is 12.0. The molecule has 2 aromatic rings. The van der Waals surface area contributed by atoms with Crippen molar-refractivity contribution in [1.29, 1.82) is 0 Å². The van der Waals surface area contributed by atoms with Crippen molar-refractivity contribution in [3.8, 4) is 0 Å². The van der Waals surface area contributed by atoms with Crippen molar-refractivity contribution in [2.24, 2.45) is 0 Å². The first-order valence-corrected chi connectivity index (χ1v) is 7.00. The predicted octanol–water partition coefficient (Wildman–Crippen LogP) is 3.16. The smallest absolute Gasteiger partial charge is 0.269 e. The standard InChI is InChI=1S/C10H8BrClN4OS/c1-2-6-8(18-16-15-6)10(17)14-7-3-5(11)4-13-9(7)12/h3-4H,2H2,1H3,(H,14,17). The molecule has 0 radical (unpaired) electrons. The summed E-state index contributed by atoms with van der Waals surface area (Å²) >= 11 is 10.2. The van der Waals surface area contributed by atoms with Gasteiger partial charge in [-0.1, -0.05) is 23.0 Å². The van der Waals surface area contributed by atoms with Gasteiger partial charge in [-0.25, -0.2) is 4.98 Å². The summed E-state index contributed by atoms with van der Waals surface area (Å²) in [5, 5.41) is 6.82. The van der Waals surface area contributed by atoms with E-state index in [4.69, 9.17) is 11.6 Å². The number of amides is 1. The van der Waals surface area contributed by atoms with E-state index in [1.807, 2.05) is 6.92 Å². The molecule has 2 rings (SSSR count). The highest BCUT2D eigenvalue weighted by Gasteiger charge is 2.16. The average molecular weight is 348 g/mol. The minimum absolute atomic E-state index is 0.238. The molecule has 0 fully saturated rings. The van der Waals surface area contributed by atoms with E-state index in [1.54, 1.807) is 12.3 Å². The Morgan fingerprint density at radius 2 is 2.39 bits per heavy atom. The predicted molar refractivity (Wildman–Crippen MR) is 74.2 cm³/mol. The average Bonchev–Trinajstić information content (AvgIpc) is 2.82. The van der Waals surface area contributed by atoms with Gasteiger partial charge < -0.3 is 5.32 Å². The summed E-state index contributed by atoms with van der Waals surface area (Å²) in [6, 6.07) is 1.69. The van der Waals surface area contributed by atoms with Crippen LogP contribution >= 0.6 is 39.1 Å². The number of anilines is 1. The molecule has 0 spiro atoms. The zero-order valence-electron chi connectivity index (χ0n) is 9.28. The van der Waals surface area contributed by atoms with E-state index in [0.29, 0.717) is 22.7 Å². The number of carbonyl (C=O) groups excluding carboxylic acids is 1. The first-order valence-electron chi connectivity index (χ1n) is 5.05. The third kappa shape index (κ3) is 2.85. The first-order chi connectivity index (χ1) is 8.61. The number of hydrogen-bond acceptors (Lipinski definition) is 5. The fourth-order valence-electron chi connectivity index (χ4n) is 1.30. The number of nitrogens with one attached hydrogen (secondary N) is 1. The molecule has 1 N–H and O–H groups in total. The highest BCUT2D eigenvalue weighted by Crippen LogP contribution is 2.24. The summed E-state index contributed by atoms with van der Waals surface area (Å²) in [6.07, 6.45) is 2.22. The van der Waals surface area contributed by atoms with E-state index < -0.39 is 0 Å². The Bertz CT molecular complexity index is 589. The van der Waals surface area contributed by atoms with Gasteiger partial charge in [-0.15, -0.1) is 5.10 Å². The van der Waals surface area contributed by atoms with Crippen LogP contribution in [0.3, 0.4) is 0 Å². The van der Waals surface area contributed by atoms with Crippen molar-refractivity contribution >= 4 is 50.7 Å². The third-order valence-electron chi connectivity index (χ3n) is 2.15. The molecule has 0 aliphatic rings. The Balaban J connectivity index is 2.24. The van der Waals surface area contributed by atoms with E-state index in [1.165, 1.54) is 0 Å². The molecule has 0 aliphatic carbocycles. The molecule has 0 saturated carbocycles. The van der Waals surface area contributed by atoms with Crippen LogP contribution in [-0.4, -0.2) is 20.5 Å². The van der Waals surface area contributed by atoms with E-state index in [9.17, 15) is 4.79 Å². The second kappa shape index (κ2) is 5.73. The molecule has 0 atom stereocenters. The van der Waals surface area contributed by atoms with Crippen molar-refractivity contribution in [3.63, 3.8) is 0 Å². The molecule has 1 amide bonds. The summed E-state index contributed by atoms with van der Waals surface area (Å²) in [5.41, 5.74) is 1.13. The monoisotopic (exact) mass is 346 g/mol. The lowest BCUT2D eigenvalue weighted by molar-refractivity contribution is 0.102. The van der Waals surface area contributed by atoms with E-state index >= 15 is 0 Å². The zero-order chi connectivity index (χ0) is 13.1. The Labute approximate surface area is 121 Å². The molecule has 0 bridgehead atoms. The van der Waals surface area contributed by atoms with Crippen molar-refractivity contribution in [3.05, 3.63) is 32.5 Å². The Kier molecular flexibility index (Phi) is 4.26. The number of hydrogen-bond donors (Lipinski definition) is 1. The maximum absolute atomic E-state index is 12.0. The van der Waals surface area contributed by atoms with Crippen molar-refractivity contribution in [2.45, 2.75) is 13.3 Å². The first kappa shape index (κ1) is 13.4. The van der Waals surface area contributed by atoms with Crippen LogP contribution in [0, 0.1) is 0 Å². The molecule has 94 valence electrons. The minimum atomic E-state index is -0.274. The van der Waals surface area contributed by atoms with Gasteiger partial charge >= 0.3 is 0 Å². The Morgan fingerprint density at radius 1 is 1.61 bits per heavy atom. The third-order valence-corrected chi connectivity index (χ3v) is 3.65. The van der Waals surface area contributed by atoms with E-state index in [-0.39, 0.29) is 11.1 Å². The number of nitrogens with zero attached hydrogens (tertiary/aromatic N) is 3. The lowest BCUT2D eigenvalue weighted by Gasteiger charge is -2.05. The van der Waals surface area contributed by atoms with Crippen LogP contribution in [0.15, 0.2) is 16.7 Å². The molecule has 2 aromatic heterocycles. The van der Waals surface area contributed by atoms with Crippen LogP contribution in [0.2, 0.25) is 5.15 Å². The molecule has 5 nitrogen and oxygen atoms in total. The number of pyridine rings is 1. The summed E-state index contributed by atoms with van der Waals surface area (Å²) in [7, 11) is 0. The molecule has 0 aromatic carbocycles. The minimum Gasteiger partial charge on any atom is -0.318 e. The lowest BCUT2D eigenvalue weighted by Crippen LogP contribution is -2.13. The van der Waals surface area contributed by atoms with Crippen LogP contribution in [0.1, 0.15) is 22.3 Å². The van der Waals surface area contributed by atoms with Gasteiger partial charge in [0.2, 0.25) is 0 Å². The maximum Gasteiger partial charge on any atom is 0.269 e. The van der Waals surface area contributed by atoms with E-state index in [0.717, 1.165) is 16.0 Å². The summed E-state index contributed by atoms with van der Waals surface area (Å²) < 4.78 is 4.51.